The van der Waals surface area contributed by atoms with E-state index in [0.29, 0.717) is 38.3 Å². The minimum atomic E-state index is -2.04. The maximum absolute atomic E-state index is 14.9. The summed E-state index contributed by atoms with van der Waals surface area (Å²) in [5.74, 6) is -8.72. The van der Waals surface area contributed by atoms with Crippen molar-refractivity contribution in [1.82, 2.24) is 15.5 Å². The quantitative estimate of drug-likeness (QED) is 0.148. The lowest BCUT2D eigenvalue weighted by atomic mass is 9.78. The second kappa shape index (κ2) is 21.9. The van der Waals surface area contributed by atoms with Crippen molar-refractivity contribution in [3.05, 3.63) is 106 Å². The van der Waals surface area contributed by atoms with Gasteiger partial charge in [0.1, 0.15) is 35.4 Å². The molecule has 0 aromatic heterocycles. The molecule has 2 aromatic rings. The number of fused-ring (bicyclic) bond motifs is 13. The number of nitrogens with one attached hydrogen (secondary N) is 2. The number of aliphatic hydroxyl groups excluding tert-OH is 2. The molecule has 5 bridgehead atoms. The van der Waals surface area contributed by atoms with Gasteiger partial charge in [-0.2, -0.15) is 0 Å². The normalized spacial score (nSPS) is 30.3. The zero-order valence-corrected chi connectivity index (χ0v) is 42.9. The Morgan fingerprint density at radius 3 is 2.28 bits per heavy atom. The Balaban J connectivity index is 1.25. The van der Waals surface area contributed by atoms with Gasteiger partial charge in [0.25, 0.3) is 11.7 Å². The Bertz CT molecular complexity index is 2590. The van der Waals surface area contributed by atoms with Gasteiger partial charge < -0.3 is 54.5 Å². The molecule has 6 aliphatic rings. The molecule has 2 aromatic carbocycles. The van der Waals surface area contributed by atoms with Gasteiger partial charge in [-0.15, -0.1) is 0 Å². The summed E-state index contributed by atoms with van der Waals surface area (Å²) in [7, 11) is 1.42. The number of phenols is 1. The van der Waals surface area contributed by atoms with Crippen LogP contribution in [-0.2, 0) is 39.8 Å². The Labute approximate surface area is 421 Å². The zero-order chi connectivity index (χ0) is 52.4. The maximum atomic E-state index is 14.9. The number of aliphatic imine (C=N–C) groups is 1. The van der Waals surface area contributed by atoms with Crippen LogP contribution in [0.4, 0.5) is 0 Å². The van der Waals surface area contributed by atoms with Gasteiger partial charge in [-0.25, -0.2) is 0 Å². The third-order valence-corrected chi connectivity index (χ3v) is 14.7. The fraction of sp³-hybridized carbons (Fsp3) is 0.527. The summed E-state index contributed by atoms with van der Waals surface area (Å²) >= 11 is 0. The fourth-order valence-electron chi connectivity index (χ4n) is 10.4. The molecular weight excluding hydrogens is 925 g/mol. The minimum Gasteiger partial charge on any atom is -0.507 e. The number of phenolic OH excluding ortho intramolecular Hbond substituents is 1. The predicted molar refractivity (Wildman–Crippen MR) is 267 cm³/mol. The van der Waals surface area contributed by atoms with Crippen LogP contribution in [0.15, 0.2) is 82.9 Å². The first-order chi connectivity index (χ1) is 34.1. The number of Topliss-reactive ketones (excluding diaryl/α,β-unsaturated/α-hetero) is 2. The Morgan fingerprint density at radius 2 is 1.61 bits per heavy atom. The van der Waals surface area contributed by atoms with Gasteiger partial charge in [-0.3, -0.25) is 29.0 Å². The Hall–Kier alpha value is -6.14. The molecule has 0 unspecified atom stereocenters. The van der Waals surface area contributed by atoms with E-state index in [-0.39, 0.29) is 57.3 Å². The number of likely N-dealkylation sites (tertiary alicyclic amines) is 1. The first-order valence-corrected chi connectivity index (χ1v) is 24.9. The molecule has 1 aliphatic carbocycles. The van der Waals surface area contributed by atoms with Crippen LogP contribution in [0.25, 0.3) is 0 Å². The van der Waals surface area contributed by atoms with Gasteiger partial charge >= 0.3 is 17.7 Å². The lowest BCUT2D eigenvalue weighted by Crippen LogP contribution is -2.50. The Kier molecular flexibility index (Phi) is 16.3. The number of methoxy groups -OCH3 is 1. The van der Waals surface area contributed by atoms with E-state index < -0.39 is 101 Å². The number of ether oxygens (including phenoxy) is 5. The van der Waals surface area contributed by atoms with Crippen molar-refractivity contribution in [2.24, 2.45) is 34.6 Å². The van der Waals surface area contributed by atoms with Crippen LogP contribution in [-0.4, -0.2) is 125 Å². The van der Waals surface area contributed by atoms with Gasteiger partial charge in [0.05, 0.1) is 53.7 Å². The van der Waals surface area contributed by atoms with Crippen LogP contribution >= 0.6 is 0 Å². The van der Waals surface area contributed by atoms with Crippen LogP contribution in [0.2, 0.25) is 0 Å². The zero-order valence-electron chi connectivity index (χ0n) is 42.9. The second-order valence-corrected chi connectivity index (χ2v) is 20.5. The monoisotopic (exact) mass is 994 g/mol. The number of nitrogens with zero attached hydrogens (tertiary/aromatic N) is 2. The first kappa shape index (κ1) is 53.7. The van der Waals surface area contributed by atoms with Crippen LogP contribution in [0.3, 0.4) is 0 Å². The molecule has 0 saturated carbocycles. The standard InChI is InChI=1S/C55H70N4O13/c1-29(2)28-59-23-21-55(22-24-59)57-43-40-41-48(64)35(8)51-42(40)52(66)54(9,72-51)70-26-20-37(68-10)32(5)50(71-39(61)27-38(60)69-25-19-36-17-12-11-13-18-36)34(7)47(63)33(6)46(62)30(3)15-14-16-31(4)53(67)56-45(49(41)65)44(43)58-55/h11-18,20,26,29-30,32-34,37,46-47,50,58,62-64H,19,21-25,27-28H2,1-10H3,(H,56,67)/b15-14+,26-20+,31-16-/t30-,32+,33+,34+,37-,46-,47+,50+,54-/m0/s1. The molecule has 9 atom stereocenters. The lowest BCUT2D eigenvalue weighted by Gasteiger charge is -2.38. The molecule has 1 fully saturated rings. The van der Waals surface area contributed by atoms with Gasteiger partial charge in [0, 0.05) is 93.3 Å². The molecule has 17 heteroatoms. The van der Waals surface area contributed by atoms with Crippen LogP contribution < -0.4 is 15.4 Å². The number of carbonyl (C=O) groups excluding carboxylic acids is 5. The SMILES string of the molecule is CO[C@H]1/C=C/O[C@@]2(C)Oc3c(C)c(O)c4c(c3C2=O)C2=NC3(CCN(CC(C)C)CC3)NC2=C(NC(=O)/C(C)=C\C=C\[C@H](C)[C@H](O)[C@@H](C)[C@@H](O)[C@@H](C)[C@H](OC(=O)CC(=O)OCCc2ccccc2)[C@@H]1C)C4=O. The van der Waals surface area contributed by atoms with Crippen LogP contribution in [0, 0.1) is 36.5 Å². The summed E-state index contributed by atoms with van der Waals surface area (Å²) in [6.45, 7) is 17.9. The van der Waals surface area contributed by atoms with Crippen LogP contribution in [0.1, 0.15) is 112 Å². The minimum absolute atomic E-state index is 0.00569. The number of allylic oxidation sites excluding steroid dienone is 4. The van der Waals surface area contributed by atoms with E-state index in [2.05, 4.69) is 29.4 Å². The number of ketones is 2. The third-order valence-electron chi connectivity index (χ3n) is 14.7. The third kappa shape index (κ3) is 10.9. The van der Waals surface area contributed by atoms with E-state index in [1.807, 2.05) is 30.3 Å². The summed E-state index contributed by atoms with van der Waals surface area (Å²) in [4.78, 5) is 77.7. The van der Waals surface area contributed by atoms with Crippen molar-refractivity contribution in [3.8, 4) is 11.5 Å². The number of benzene rings is 2. The predicted octanol–water partition coefficient (Wildman–Crippen LogP) is 5.77. The van der Waals surface area contributed by atoms with Crippen LogP contribution in [0.5, 0.6) is 11.5 Å². The fourth-order valence-corrected chi connectivity index (χ4v) is 10.4. The molecule has 5 heterocycles. The summed E-state index contributed by atoms with van der Waals surface area (Å²) in [5.41, 5.74) is 0.494. The van der Waals surface area contributed by atoms with Crippen molar-refractivity contribution < 1.29 is 63.0 Å². The molecule has 0 radical (unpaired) electrons. The van der Waals surface area contributed by atoms with Crippen molar-refractivity contribution in [3.63, 3.8) is 0 Å². The average Bonchev–Trinajstić information content (AvgIpc) is 3.85. The Morgan fingerprint density at radius 1 is 0.917 bits per heavy atom. The molecule has 5 aliphatic heterocycles. The van der Waals surface area contributed by atoms with Crippen molar-refractivity contribution in [2.45, 2.75) is 124 Å². The second-order valence-electron chi connectivity index (χ2n) is 20.5. The van der Waals surface area contributed by atoms with E-state index in [9.17, 15) is 39.3 Å². The lowest BCUT2D eigenvalue weighted by molar-refractivity contribution is -0.167. The van der Waals surface area contributed by atoms with E-state index in [4.69, 9.17) is 28.7 Å². The largest absolute Gasteiger partial charge is 0.507 e. The van der Waals surface area contributed by atoms with E-state index in [1.54, 1.807) is 46.8 Å². The van der Waals surface area contributed by atoms with Crippen molar-refractivity contribution >= 4 is 35.1 Å². The highest BCUT2D eigenvalue weighted by molar-refractivity contribution is 6.34. The maximum Gasteiger partial charge on any atom is 0.317 e. The molecule has 1 amide bonds. The highest BCUT2D eigenvalue weighted by atomic mass is 16.7. The number of piperidine rings is 1. The van der Waals surface area contributed by atoms with E-state index >= 15 is 0 Å². The summed E-state index contributed by atoms with van der Waals surface area (Å²) in [5, 5.41) is 41.7. The van der Waals surface area contributed by atoms with Gasteiger partial charge in [0.2, 0.25) is 5.78 Å². The highest BCUT2D eigenvalue weighted by Gasteiger charge is 2.54. The summed E-state index contributed by atoms with van der Waals surface area (Å²) < 4.78 is 29.7. The topological polar surface area (TPSA) is 232 Å². The molecule has 5 N–H and O–H groups in total. The van der Waals surface area contributed by atoms with E-state index in [0.717, 1.165) is 12.1 Å². The van der Waals surface area contributed by atoms with E-state index in [1.165, 1.54) is 39.4 Å². The molecular formula is C55H70N4O13. The van der Waals surface area contributed by atoms with Crippen molar-refractivity contribution in [1.29, 1.82) is 0 Å². The molecule has 17 nitrogen and oxygen atoms in total. The number of hydrogen-bond acceptors (Lipinski definition) is 16. The number of esters is 2. The molecule has 388 valence electrons. The summed E-state index contributed by atoms with van der Waals surface area (Å²) in [6.07, 6.45) is 3.96. The van der Waals surface area contributed by atoms with Crippen molar-refractivity contribution in [2.75, 3.05) is 33.4 Å². The first-order valence-electron chi connectivity index (χ1n) is 24.9. The van der Waals surface area contributed by atoms with Gasteiger partial charge in [0.15, 0.2) is 0 Å². The highest BCUT2D eigenvalue weighted by Crippen LogP contribution is 2.50. The number of carbonyl (C=O) groups is 5. The summed E-state index contributed by atoms with van der Waals surface area (Å²) in [6, 6.07) is 9.42. The number of amides is 1. The molecule has 1 saturated heterocycles. The number of aliphatic hydroxyl groups is 2. The molecule has 72 heavy (non-hydrogen) atoms. The molecule has 1 spiro atoms. The average molecular weight is 995 g/mol. The number of rotatable bonds is 9. The number of aromatic hydroxyl groups is 1. The number of hydrogen-bond donors (Lipinski definition) is 5. The van der Waals surface area contributed by atoms with Gasteiger partial charge in [-0.1, -0.05) is 90.1 Å². The molecule has 8 rings (SSSR count). The smallest absolute Gasteiger partial charge is 0.317 e. The van der Waals surface area contributed by atoms with Gasteiger partial charge in [-0.05, 0) is 31.4 Å².